The van der Waals surface area contributed by atoms with Crippen molar-refractivity contribution in [3.63, 3.8) is 0 Å². The molecule has 0 unspecified atom stereocenters. The van der Waals surface area contributed by atoms with E-state index >= 15 is 0 Å². The zero-order valence-electron chi connectivity index (χ0n) is 14.5. The van der Waals surface area contributed by atoms with Crippen molar-refractivity contribution in [3.8, 4) is 0 Å². The Morgan fingerprint density at radius 2 is 1.92 bits per heavy atom. The summed E-state index contributed by atoms with van der Waals surface area (Å²) in [4.78, 5) is 42.1. The molecule has 1 aliphatic heterocycles. The van der Waals surface area contributed by atoms with E-state index in [-0.39, 0.29) is 35.2 Å². The molecular weight excluding hydrogens is 337 g/mol. The lowest BCUT2D eigenvalue weighted by Crippen LogP contribution is -2.33. The lowest BCUT2D eigenvalue weighted by molar-refractivity contribution is 0.0636. The zero-order valence-corrected chi connectivity index (χ0v) is 14.5. The predicted octanol–water partition coefficient (Wildman–Crippen LogP) is 2.40. The molecular formula is C19H18FN3O3. The summed E-state index contributed by atoms with van der Waals surface area (Å²) in [7, 11) is 0. The zero-order chi connectivity index (χ0) is 18.8. The molecule has 3 amide bonds. The summed E-state index contributed by atoms with van der Waals surface area (Å²) in [5.41, 5.74) is 0.860. The minimum absolute atomic E-state index is 0.0745. The van der Waals surface area contributed by atoms with Gasteiger partial charge in [0.05, 0.1) is 23.4 Å². The molecule has 0 aliphatic carbocycles. The molecule has 0 bridgehead atoms. The van der Waals surface area contributed by atoms with E-state index in [1.54, 1.807) is 0 Å². The highest BCUT2D eigenvalue weighted by molar-refractivity contribution is 6.22. The second-order valence-corrected chi connectivity index (χ2v) is 6.49. The molecule has 0 spiro atoms. The average molecular weight is 355 g/mol. The molecule has 1 aromatic heterocycles. The first-order valence-electron chi connectivity index (χ1n) is 8.26. The molecule has 2 heterocycles. The van der Waals surface area contributed by atoms with E-state index in [4.69, 9.17) is 0 Å². The third-order valence-electron chi connectivity index (χ3n) is 4.03. The smallest absolute Gasteiger partial charge is 0.261 e. The molecule has 0 atom stereocenters. The van der Waals surface area contributed by atoms with Crippen molar-refractivity contribution in [2.75, 3.05) is 6.54 Å². The Kier molecular flexibility index (Phi) is 4.79. The standard InChI is InChI=1S/C19H18FN3O3/c1-11(2)10-23-18(25)13-6-5-12(8-14(13)19(23)26)17(24)22-9-16-15(20)4-3-7-21-16/h3-8,11H,9-10H2,1-2H3,(H,22,24). The Morgan fingerprint density at radius 1 is 1.19 bits per heavy atom. The van der Waals surface area contributed by atoms with Crippen molar-refractivity contribution < 1.29 is 18.8 Å². The third kappa shape index (κ3) is 3.33. The van der Waals surface area contributed by atoms with E-state index in [0.717, 1.165) is 0 Å². The van der Waals surface area contributed by atoms with Crippen LogP contribution >= 0.6 is 0 Å². The maximum Gasteiger partial charge on any atom is 0.261 e. The van der Waals surface area contributed by atoms with Crippen LogP contribution in [0.25, 0.3) is 0 Å². The molecule has 0 saturated carbocycles. The van der Waals surface area contributed by atoms with Crippen LogP contribution in [-0.4, -0.2) is 34.2 Å². The second kappa shape index (κ2) is 7.03. The van der Waals surface area contributed by atoms with Gasteiger partial charge in [0.15, 0.2) is 0 Å². The maximum atomic E-state index is 13.6. The van der Waals surface area contributed by atoms with Gasteiger partial charge < -0.3 is 5.32 Å². The molecule has 0 fully saturated rings. The van der Waals surface area contributed by atoms with Crippen LogP contribution < -0.4 is 5.32 Å². The number of hydrogen-bond acceptors (Lipinski definition) is 4. The molecule has 2 aromatic rings. The Hall–Kier alpha value is -3.09. The first-order chi connectivity index (χ1) is 12.4. The fraction of sp³-hybridized carbons (Fsp3) is 0.263. The molecule has 1 N–H and O–H groups in total. The number of aromatic nitrogens is 1. The van der Waals surface area contributed by atoms with Crippen LogP contribution in [0, 0.1) is 11.7 Å². The number of fused-ring (bicyclic) bond motifs is 1. The van der Waals surface area contributed by atoms with Gasteiger partial charge in [-0.15, -0.1) is 0 Å². The molecule has 1 aromatic carbocycles. The number of carbonyl (C=O) groups excluding carboxylic acids is 3. The van der Waals surface area contributed by atoms with Crippen LogP contribution in [0.5, 0.6) is 0 Å². The van der Waals surface area contributed by atoms with Crippen LogP contribution in [0.2, 0.25) is 0 Å². The topological polar surface area (TPSA) is 79.4 Å². The molecule has 26 heavy (non-hydrogen) atoms. The molecule has 1 aliphatic rings. The molecule has 3 rings (SSSR count). The van der Waals surface area contributed by atoms with Gasteiger partial charge in [-0.3, -0.25) is 24.3 Å². The molecule has 0 radical (unpaired) electrons. The van der Waals surface area contributed by atoms with E-state index in [2.05, 4.69) is 10.3 Å². The SMILES string of the molecule is CC(C)CN1C(=O)c2ccc(C(=O)NCc3ncccc3F)cc2C1=O. The minimum atomic E-state index is -0.508. The van der Waals surface area contributed by atoms with Gasteiger partial charge in [0, 0.05) is 18.3 Å². The normalized spacial score (nSPS) is 13.3. The van der Waals surface area contributed by atoms with Crippen LogP contribution in [0.3, 0.4) is 0 Å². The summed E-state index contributed by atoms with van der Waals surface area (Å²) in [5.74, 6) is -1.58. The van der Waals surface area contributed by atoms with Gasteiger partial charge in [-0.2, -0.15) is 0 Å². The van der Waals surface area contributed by atoms with Crippen molar-refractivity contribution in [1.29, 1.82) is 0 Å². The van der Waals surface area contributed by atoms with E-state index in [9.17, 15) is 18.8 Å². The van der Waals surface area contributed by atoms with Gasteiger partial charge in [0.2, 0.25) is 0 Å². The number of nitrogens with zero attached hydrogens (tertiary/aromatic N) is 2. The summed E-state index contributed by atoms with van der Waals surface area (Å²) >= 11 is 0. The molecule has 0 saturated heterocycles. The number of benzene rings is 1. The first kappa shape index (κ1) is 17.7. The van der Waals surface area contributed by atoms with Gasteiger partial charge >= 0.3 is 0 Å². The van der Waals surface area contributed by atoms with Crippen LogP contribution in [-0.2, 0) is 6.54 Å². The van der Waals surface area contributed by atoms with Crippen LogP contribution in [0.1, 0.15) is 50.6 Å². The summed E-state index contributed by atoms with van der Waals surface area (Å²) in [6.07, 6.45) is 1.44. The van der Waals surface area contributed by atoms with Gasteiger partial charge in [-0.05, 0) is 36.2 Å². The van der Waals surface area contributed by atoms with E-state index in [1.165, 1.54) is 41.4 Å². The number of imide groups is 1. The first-order valence-corrected chi connectivity index (χ1v) is 8.26. The summed E-state index contributed by atoms with van der Waals surface area (Å²) in [5, 5.41) is 2.57. The number of halogens is 1. The quantitative estimate of drug-likeness (QED) is 0.836. The molecule has 6 nitrogen and oxygen atoms in total. The number of hydrogen-bond donors (Lipinski definition) is 1. The van der Waals surface area contributed by atoms with Gasteiger partial charge in [-0.1, -0.05) is 13.8 Å². The summed E-state index contributed by atoms with van der Waals surface area (Å²) in [6, 6.07) is 7.09. The lowest BCUT2D eigenvalue weighted by atomic mass is 10.1. The maximum absolute atomic E-state index is 13.6. The molecule has 7 heteroatoms. The van der Waals surface area contributed by atoms with Crippen molar-refractivity contribution in [2.45, 2.75) is 20.4 Å². The monoisotopic (exact) mass is 355 g/mol. The predicted molar refractivity (Wildman–Crippen MR) is 92.0 cm³/mol. The van der Waals surface area contributed by atoms with Gasteiger partial charge in [-0.25, -0.2) is 4.39 Å². The number of carbonyl (C=O) groups is 3. The summed E-state index contributed by atoms with van der Waals surface area (Å²) < 4.78 is 13.6. The number of nitrogens with one attached hydrogen (secondary N) is 1. The van der Waals surface area contributed by atoms with E-state index in [1.807, 2.05) is 13.8 Å². The average Bonchev–Trinajstić information content (AvgIpc) is 2.85. The fourth-order valence-electron chi connectivity index (χ4n) is 2.78. The third-order valence-corrected chi connectivity index (χ3v) is 4.03. The van der Waals surface area contributed by atoms with Crippen molar-refractivity contribution in [2.24, 2.45) is 5.92 Å². The van der Waals surface area contributed by atoms with Gasteiger partial charge in [0.1, 0.15) is 5.82 Å². The number of amides is 3. The highest BCUT2D eigenvalue weighted by Gasteiger charge is 2.36. The van der Waals surface area contributed by atoms with E-state index in [0.29, 0.717) is 12.1 Å². The van der Waals surface area contributed by atoms with E-state index < -0.39 is 17.6 Å². The highest BCUT2D eigenvalue weighted by Crippen LogP contribution is 2.25. The van der Waals surface area contributed by atoms with Crippen molar-refractivity contribution >= 4 is 17.7 Å². The Balaban J connectivity index is 1.77. The fourth-order valence-corrected chi connectivity index (χ4v) is 2.78. The number of pyridine rings is 1. The van der Waals surface area contributed by atoms with Gasteiger partial charge in [0.25, 0.3) is 17.7 Å². The molecule has 134 valence electrons. The minimum Gasteiger partial charge on any atom is -0.346 e. The largest absolute Gasteiger partial charge is 0.346 e. The Morgan fingerprint density at radius 3 is 2.62 bits per heavy atom. The van der Waals surface area contributed by atoms with Crippen molar-refractivity contribution in [3.05, 3.63) is 64.7 Å². The highest BCUT2D eigenvalue weighted by atomic mass is 19.1. The van der Waals surface area contributed by atoms with Crippen LogP contribution in [0.15, 0.2) is 36.5 Å². The Bertz CT molecular complexity index is 895. The Labute approximate surface area is 150 Å². The summed E-state index contributed by atoms with van der Waals surface area (Å²) in [6.45, 7) is 4.08. The van der Waals surface area contributed by atoms with Crippen molar-refractivity contribution in [1.82, 2.24) is 15.2 Å². The number of rotatable bonds is 5. The lowest BCUT2D eigenvalue weighted by Gasteiger charge is -2.15. The second-order valence-electron chi connectivity index (χ2n) is 6.49. The van der Waals surface area contributed by atoms with Crippen LogP contribution in [0.4, 0.5) is 4.39 Å².